The van der Waals surface area contributed by atoms with Gasteiger partial charge in [0.05, 0.1) is 17.9 Å². The summed E-state index contributed by atoms with van der Waals surface area (Å²) in [5.41, 5.74) is 2.41. The third-order valence-electron chi connectivity index (χ3n) is 3.85. The number of furan rings is 1. The highest BCUT2D eigenvalue weighted by Crippen LogP contribution is 2.31. The molecule has 0 aliphatic carbocycles. The number of hydrogen-bond donors (Lipinski definition) is 1. The third-order valence-corrected chi connectivity index (χ3v) is 4.37. The molecule has 0 amide bonds. The average Bonchev–Trinajstić information content (AvgIpc) is 3.23. The molecule has 0 aliphatic heterocycles. The predicted octanol–water partition coefficient (Wildman–Crippen LogP) is 5.51. The fourth-order valence-electron chi connectivity index (χ4n) is 2.49. The predicted molar refractivity (Wildman–Crippen MR) is 105 cm³/mol. The summed E-state index contributed by atoms with van der Waals surface area (Å²) in [4.78, 5) is 12.1. The summed E-state index contributed by atoms with van der Waals surface area (Å²) < 4.78 is 45.3. The summed E-state index contributed by atoms with van der Waals surface area (Å²) in [5.74, 6) is 0.595. The minimum absolute atomic E-state index is 0.0932. The van der Waals surface area contributed by atoms with Crippen LogP contribution in [-0.4, -0.2) is 21.2 Å². The van der Waals surface area contributed by atoms with Crippen molar-refractivity contribution < 1.29 is 17.6 Å². The Balaban J connectivity index is 1.75. The lowest BCUT2D eigenvalue weighted by atomic mass is 10.2. The van der Waals surface area contributed by atoms with Crippen molar-refractivity contribution in [2.24, 2.45) is 5.10 Å². The van der Waals surface area contributed by atoms with Crippen molar-refractivity contribution in [2.45, 2.75) is 6.18 Å². The fourth-order valence-corrected chi connectivity index (χ4v) is 2.75. The SMILES string of the molecule is FC(F)(F)c1ccc2c(NN=Cc3ccc(Br)cc3)nc(-c3ccco3)nc2n1. The summed E-state index contributed by atoms with van der Waals surface area (Å²) in [6.07, 6.45) is -1.61. The first-order valence-corrected chi connectivity index (χ1v) is 9.04. The monoisotopic (exact) mass is 461 g/mol. The molecule has 146 valence electrons. The zero-order valence-corrected chi connectivity index (χ0v) is 16.1. The van der Waals surface area contributed by atoms with E-state index in [0.717, 1.165) is 16.1 Å². The molecule has 0 saturated carbocycles. The van der Waals surface area contributed by atoms with Crippen LogP contribution in [0.4, 0.5) is 19.0 Å². The molecule has 4 aromatic rings. The Morgan fingerprint density at radius 3 is 2.48 bits per heavy atom. The fraction of sp³-hybridized carbons (Fsp3) is 0.0526. The molecule has 10 heteroatoms. The summed E-state index contributed by atoms with van der Waals surface area (Å²) in [7, 11) is 0. The standard InChI is InChI=1S/C19H11BrF3N5O/c20-12-5-3-11(4-6-12)10-24-28-17-13-7-8-15(19(21,22)23)25-16(13)26-18(27-17)14-2-1-9-29-14/h1-10H,(H,25,26,27,28). The van der Waals surface area contributed by atoms with Gasteiger partial charge < -0.3 is 4.42 Å². The maximum absolute atomic E-state index is 13.0. The van der Waals surface area contributed by atoms with Gasteiger partial charge in [-0.15, -0.1) is 0 Å². The molecular formula is C19H11BrF3N5O. The van der Waals surface area contributed by atoms with E-state index in [1.807, 2.05) is 24.3 Å². The molecule has 3 aromatic heterocycles. The zero-order valence-electron chi connectivity index (χ0n) is 14.5. The number of hydrogen-bond acceptors (Lipinski definition) is 6. The highest BCUT2D eigenvalue weighted by molar-refractivity contribution is 9.10. The minimum atomic E-state index is -4.59. The van der Waals surface area contributed by atoms with Crippen LogP contribution in [0.15, 0.2) is 68.8 Å². The van der Waals surface area contributed by atoms with Gasteiger partial charge in [-0.05, 0) is 42.0 Å². The lowest BCUT2D eigenvalue weighted by Crippen LogP contribution is -2.09. The molecule has 3 heterocycles. The Morgan fingerprint density at radius 2 is 1.79 bits per heavy atom. The number of pyridine rings is 1. The minimum Gasteiger partial charge on any atom is -0.461 e. The number of hydrazone groups is 1. The highest BCUT2D eigenvalue weighted by atomic mass is 79.9. The number of aromatic nitrogens is 3. The lowest BCUT2D eigenvalue weighted by Gasteiger charge is -2.09. The molecule has 6 nitrogen and oxygen atoms in total. The largest absolute Gasteiger partial charge is 0.461 e. The van der Waals surface area contributed by atoms with Gasteiger partial charge in [0.15, 0.2) is 23.0 Å². The number of halogens is 4. The molecule has 0 fully saturated rings. The smallest absolute Gasteiger partial charge is 0.433 e. The Morgan fingerprint density at radius 1 is 1.00 bits per heavy atom. The van der Waals surface area contributed by atoms with Gasteiger partial charge in [0.1, 0.15) is 5.69 Å². The maximum Gasteiger partial charge on any atom is 0.433 e. The zero-order chi connectivity index (χ0) is 20.4. The summed E-state index contributed by atoms with van der Waals surface area (Å²) in [6, 6.07) is 12.8. The topological polar surface area (TPSA) is 76.2 Å². The van der Waals surface area contributed by atoms with Crippen molar-refractivity contribution in [3.8, 4) is 11.6 Å². The molecule has 4 rings (SSSR count). The number of rotatable bonds is 4. The molecule has 0 radical (unpaired) electrons. The molecular weight excluding hydrogens is 451 g/mol. The number of nitrogens with one attached hydrogen (secondary N) is 1. The highest BCUT2D eigenvalue weighted by Gasteiger charge is 2.33. The first-order valence-electron chi connectivity index (χ1n) is 8.25. The van der Waals surface area contributed by atoms with E-state index in [2.05, 4.69) is 41.4 Å². The molecule has 29 heavy (non-hydrogen) atoms. The normalized spacial score (nSPS) is 12.0. The molecule has 0 bridgehead atoms. The van der Waals surface area contributed by atoms with E-state index < -0.39 is 11.9 Å². The molecule has 1 N–H and O–H groups in total. The van der Waals surface area contributed by atoms with E-state index in [0.29, 0.717) is 11.1 Å². The van der Waals surface area contributed by atoms with Crippen molar-refractivity contribution in [3.63, 3.8) is 0 Å². The van der Waals surface area contributed by atoms with Crippen LogP contribution in [0, 0.1) is 0 Å². The number of nitrogens with zero attached hydrogens (tertiary/aromatic N) is 4. The van der Waals surface area contributed by atoms with Gasteiger partial charge in [0.25, 0.3) is 0 Å². The van der Waals surface area contributed by atoms with Crippen LogP contribution in [0.25, 0.3) is 22.6 Å². The number of benzene rings is 1. The second-order valence-corrected chi connectivity index (χ2v) is 6.78. The second kappa shape index (κ2) is 7.63. The Kier molecular flexibility index (Phi) is 5.01. The van der Waals surface area contributed by atoms with Gasteiger partial charge in [-0.25, -0.2) is 15.0 Å². The van der Waals surface area contributed by atoms with Crippen molar-refractivity contribution in [3.05, 3.63) is 70.5 Å². The van der Waals surface area contributed by atoms with Crippen LogP contribution >= 0.6 is 15.9 Å². The maximum atomic E-state index is 13.0. The van der Waals surface area contributed by atoms with Gasteiger partial charge in [-0.2, -0.15) is 18.3 Å². The molecule has 1 aromatic carbocycles. The van der Waals surface area contributed by atoms with Crippen molar-refractivity contribution >= 4 is 39.0 Å². The van der Waals surface area contributed by atoms with Gasteiger partial charge in [0, 0.05) is 4.47 Å². The summed E-state index contributed by atoms with van der Waals surface area (Å²) in [5, 5.41) is 4.42. The van der Waals surface area contributed by atoms with E-state index in [9.17, 15) is 13.2 Å². The summed E-state index contributed by atoms with van der Waals surface area (Å²) in [6.45, 7) is 0. The Bertz CT molecular complexity index is 1180. The van der Waals surface area contributed by atoms with Gasteiger partial charge in [-0.3, -0.25) is 5.43 Å². The Hall–Kier alpha value is -3.27. The van der Waals surface area contributed by atoms with Crippen LogP contribution < -0.4 is 5.43 Å². The molecule has 0 aliphatic rings. The van der Waals surface area contributed by atoms with Crippen LogP contribution in [0.1, 0.15) is 11.3 Å². The van der Waals surface area contributed by atoms with E-state index in [-0.39, 0.29) is 17.3 Å². The first kappa shape index (κ1) is 19.1. The number of anilines is 1. The molecule has 0 atom stereocenters. The van der Waals surface area contributed by atoms with Gasteiger partial charge >= 0.3 is 6.18 Å². The van der Waals surface area contributed by atoms with E-state index in [1.54, 1.807) is 18.3 Å². The quantitative estimate of drug-likeness (QED) is 0.320. The number of fused-ring (bicyclic) bond motifs is 1. The molecule has 0 unspecified atom stereocenters. The van der Waals surface area contributed by atoms with E-state index in [4.69, 9.17) is 4.42 Å². The second-order valence-electron chi connectivity index (χ2n) is 5.86. The van der Waals surface area contributed by atoms with E-state index in [1.165, 1.54) is 12.3 Å². The lowest BCUT2D eigenvalue weighted by molar-refractivity contribution is -0.141. The number of alkyl halides is 3. The van der Waals surface area contributed by atoms with Crippen LogP contribution in [0.2, 0.25) is 0 Å². The van der Waals surface area contributed by atoms with Crippen LogP contribution in [0.3, 0.4) is 0 Å². The van der Waals surface area contributed by atoms with Crippen LogP contribution in [-0.2, 0) is 6.18 Å². The van der Waals surface area contributed by atoms with Gasteiger partial charge in [0.2, 0.25) is 0 Å². The van der Waals surface area contributed by atoms with Crippen molar-refractivity contribution in [1.29, 1.82) is 0 Å². The van der Waals surface area contributed by atoms with Gasteiger partial charge in [-0.1, -0.05) is 28.1 Å². The van der Waals surface area contributed by atoms with Crippen molar-refractivity contribution in [1.82, 2.24) is 15.0 Å². The average molecular weight is 462 g/mol. The summed E-state index contributed by atoms with van der Waals surface area (Å²) >= 11 is 3.35. The van der Waals surface area contributed by atoms with E-state index >= 15 is 0 Å². The molecule has 0 spiro atoms. The molecule has 0 saturated heterocycles. The Labute approximate surface area is 170 Å². The third kappa shape index (κ3) is 4.27. The van der Waals surface area contributed by atoms with Crippen molar-refractivity contribution in [2.75, 3.05) is 5.43 Å². The first-order chi connectivity index (χ1) is 13.9. The van der Waals surface area contributed by atoms with Crippen LogP contribution in [0.5, 0.6) is 0 Å².